The van der Waals surface area contributed by atoms with Gasteiger partial charge >= 0.3 is 0 Å². The van der Waals surface area contributed by atoms with Gasteiger partial charge in [0, 0.05) is 0 Å². The topological polar surface area (TPSA) is 58.9 Å². The normalized spacial score (nSPS) is 12.0. The minimum Gasteiger partial charge on any atom is -0.249 e. The van der Waals surface area contributed by atoms with E-state index in [9.17, 15) is 0 Å². The van der Waals surface area contributed by atoms with Gasteiger partial charge in [-0.25, -0.2) is 20.3 Å². The minimum atomic E-state index is -1.31. The van der Waals surface area contributed by atoms with E-state index in [-0.39, 0.29) is 0 Å². The lowest BCUT2D eigenvalue weighted by molar-refractivity contribution is -0.474. The van der Waals surface area contributed by atoms with Gasteiger partial charge < -0.3 is 0 Å². The largest absolute Gasteiger partial charge is 0.249 e. The third-order valence-electron chi connectivity index (χ3n) is 0.440. The Balaban J connectivity index is 3.36. The van der Waals surface area contributed by atoms with Crippen molar-refractivity contribution in [1.29, 1.82) is 0 Å². The Labute approximate surface area is 41.1 Å². The van der Waals surface area contributed by atoms with Crippen LogP contribution in [0.2, 0.25) is 0 Å². The van der Waals surface area contributed by atoms with E-state index in [4.69, 9.17) is 10.5 Å². The average Bonchev–Trinajstić information content (AvgIpc) is 1.68. The Morgan fingerprint density at radius 3 is 1.43 bits per heavy atom. The van der Waals surface area contributed by atoms with Crippen molar-refractivity contribution in [1.82, 2.24) is 0 Å². The highest BCUT2D eigenvalue weighted by Gasteiger charge is 2.17. The molecule has 0 saturated carbocycles. The maximum Gasteiger partial charge on any atom is 0.227 e. The van der Waals surface area contributed by atoms with E-state index in [1.807, 2.05) is 0 Å². The molecule has 0 unspecified atom stereocenters. The first kappa shape index (κ1) is 6.84. The molecule has 0 aromatic rings. The molecule has 44 valence electrons. The van der Waals surface area contributed by atoms with Crippen LogP contribution in [0.25, 0.3) is 0 Å². The molecular formula is C3H8O4. The molecule has 0 bridgehead atoms. The summed E-state index contributed by atoms with van der Waals surface area (Å²) in [6, 6.07) is 0. The van der Waals surface area contributed by atoms with E-state index < -0.39 is 5.79 Å². The maximum absolute atomic E-state index is 7.81. The van der Waals surface area contributed by atoms with Gasteiger partial charge in [-0.3, -0.25) is 0 Å². The van der Waals surface area contributed by atoms with Crippen LogP contribution in [0.5, 0.6) is 0 Å². The van der Waals surface area contributed by atoms with Crippen LogP contribution in [0.15, 0.2) is 0 Å². The molecule has 0 aromatic carbocycles. The van der Waals surface area contributed by atoms with Crippen molar-refractivity contribution in [2.45, 2.75) is 19.6 Å². The molecule has 0 atom stereocenters. The van der Waals surface area contributed by atoms with Crippen molar-refractivity contribution in [2.75, 3.05) is 0 Å². The molecule has 7 heavy (non-hydrogen) atoms. The number of hydrogen-bond donors (Lipinski definition) is 2. The summed E-state index contributed by atoms with van der Waals surface area (Å²) in [5.41, 5.74) is 0. The standard InChI is InChI=1S/C3H8O4/c1-3(2,6-4)7-5/h4-5H,1-2H3. The summed E-state index contributed by atoms with van der Waals surface area (Å²) in [7, 11) is 0. The number of hydrogen-bond acceptors (Lipinski definition) is 4. The first-order valence-corrected chi connectivity index (χ1v) is 1.77. The van der Waals surface area contributed by atoms with Gasteiger partial charge in [0.15, 0.2) is 0 Å². The molecule has 0 heterocycles. The first-order chi connectivity index (χ1) is 3.12. The van der Waals surface area contributed by atoms with E-state index in [1.54, 1.807) is 0 Å². The van der Waals surface area contributed by atoms with Crippen molar-refractivity contribution in [3.8, 4) is 0 Å². The van der Waals surface area contributed by atoms with E-state index in [1.165, 1.54) is 13.8 Å². The molecule has 0 aliphatic carbocycles. The zero-order valence-electron chi connectivity index (χ0n) is 4.21. The van der Waals surface area contributed by atoms with Gasteiger partial charge in [-0.1, -0.05) is 0 Å². The second kappa shape index (κ2) is 2.23. The van der Waals surface area contributed by atoms with Crippen LogP contribution < -0.4 is 0 Å². The summed E-state index contributed by atoms with van der Waals surface area (Å²) < 4.78 is 0. The zero-order chi connectivity index (χ0) is 5.91. The van der Waals surface area contributed by atoms with Gasteiger partial charge in [-0.2, -0.15) is 0 Å². The van der Waals surface area contributed by atoms with E-state index in [0.717, 1.165) is 0 Å². The first-order valence-electron chi connectivity index (χ1n) is 1.77. The predicted molar refractivity (Wildman–Crippen MR) is 21.5 cm³/mol. The summed E-state index contributed by atoms with van der Waals surface area (Å²) in [5, 5.41) is 15.6. The molecular weight excluding hydrogens is 100 g/mol. The fourth-order valence-corrected chi connectivity index (χ4v) is 0.0167. The van der Waals surface area contributed by atoms with Crippen molar-refractivity contribution in [3.05, 3.63) is 0 Å². The van der Waals surface area contributed by atoms with Gasteiger partial charge in [0.25, 0.3) is 0 Å². The van der Waals surface area contributed by atoms with Crippen LogP contribution in [0, 0.1) is 0 Å². The summed E-state index contributed by atoms with van der Waals surface area (Å²) in [4.78, 5) is 7.23. The van der Waals surface area contributed by atoms with Gasteiger partial charge in [0.05, 0.1) is 0 Å². The summed E-state index contributed by atoms with van der Waals surface area (Å²) >= 11 is 0. The van der Waals surface area contributed by atoms with Crippen molar-refractivity contribution in [2.24, 2.45) is 0 Å². The molecule has 0 aliphatic heterocycles. The molecule has 0 rings (SSSR count). The number of rotatable bonds is 2. The van der Waals surface area contributed by atoms with Crippen LogP contribution in [0.4, 0.5) is 0 Å². The maximum atomic E-state index is 7.81. The molecule has 0 radical (unpaired) electrons. The van der Waals surface area contributed by atoms with Crippen LogP contribution in [-0.2, 0) is 9.78 Å². The predicted octanol–water partition coefficient (Wildman–Crippen LogP) is 0.702. The Bertz CT molecular complexity index is 44.9. The lowest BCUT2D eigenvalue weighted by Crippen LogP contribution is -2.24. The quantitative estimate of drug-likeness (QED) is 0.310. The summed E-state index contributed by atoms with van der Waals surface area (Å²) in [5.74, 6) is -1.31. The van der Waals surface area contributed by atoms with Crippen LogP contribution in [0.3, 0.4) is 0 Å². The van der Waals surface area contributed by atoms with Gasteiger partial charge in [-0.15, -0.1) is 0 Å². The second-order valence-corrected chi connectivity index (χ2v) is 1.58. The lowest BCUT2D eigenvalue weighted by Gasteiger charge is -2.13. The zero-order valence-corrected chi connectivity index (χ0v) is 4.21. The van der Waals surface area contributed by atoms with Gasteiger partial charge in [0.2, 0.25) is 5.79 Å². The molecule has 0 saturated heterocycles. The van der Waals surface area contributed by atoms with Crippen LogP contribution in [0.1, 0.15) is 13.8 Å². The molecule has 2 N–H and O–H groups in total. The van der Waals surface area contributed by atoms with Crippen molar-refractivity contribution in [3.63, 3.8) is 0 Å². The molecule has 0 aliphatic rings. The lowest BCUT2D eigenvalue weighted by atomic mass is 10.4. The monoisotopic (exact) mass is 108 g/mol. The summed E-state index contributed by atoms with van der Waals surface area (Å²) in [6.45, 7) is 2.71. The average molecular weight is 108 g/mol. The minimum absolute atomic E-state index is 1.31. The third-order valence-corrected chi connectivity index (χ3v) is 0.440. The van der Waals surface area contributed by atoms with Crippen LogP contribution in [-0.4, -0.2) is 16.3 Å². The smallest absolute Gasteiger partial charge is 0.227 e. The van der Waals surface area contributed by atoms with E-state index in [0.29, 0.717) is 0 Å². The second-order valence-electron chi connectivity index (χ2n) is 1.58. The molecule has 0 amide bonds. The third kappa shape index (κ3) is 2.52. The van der Waals surface area contributed by atoms with Crippen molar-refractivity contribution >= 4 is 0 Å². The molecule has 4 heteroatoms. The highest BCUT2D eigenvalue weighted by Crippen LogP contribution is 2.04. The van der Waals surface area contributed by atoms with Gasteiger partial charge in [-0.05, 0) is 13.8 Å². The summed E-state index contributed by atoms with van der Waals surface area (Å²) in [6.07, 6.45) is 0. The van der Waals surface area contributed by atoms with E-state index >= 15 is 0 Å². The molecule has 4 nitrogen and oxygen atoms in total. The fourth-order valence-electron chi connectivity index (χ4n) is 0.0167. The van der Waals surface area contributed by atoms with Crippen molar-refractivity contribution < 1.29 is 20.3 Å². The Hall–Kier alpha value is -0.160. The van der Waals surface area contributed by atoms with Crippen LogP contribution >= 0.6 is 0 Å². The molecule has 0 spiro atoms. The SMILES string of the molecule is CC(C)(OO)OO. The Morgan fingerprint density at radius 1 is 1.14 bits per heavy atom. The molecule has 0 fully saturated rings. The van der Waals surface area contributed by atoms with E-state index in [2.05, 4.69) is 9.78 Å². The Morgan fingerprint density at radius 2 is 1.43 bits per heavy atom. The highest BCUT2D eigenvalue weighted by atomic mass is 17.2. The molecule has 0 aromatic heterocycles. The van der Waals surface area contributed by atoms with Gasteiger partial charge in [0.1, 0.15) is 0 Å². The Kier molecular flexibility index (Phi) is 2.17. The highest BCUT2D eigenvalue weighted by molar-refractivity contribution is 4.43. The fraction of sp³-hybridized carbons (Fsp3) is 1.00.